The smallest absolute Gasteiger partial charge is 0.174 e. The van der Waals surface area contributed by atoms with Crippen molar-refractivity contribution in [3.05, 3.63) is 16.4 Å². The number of ether oxygens (including phenoxy) is 2. The van der Waals surface area contributed by atoms with Gasteiger partial charge in [-0.25, -0.2) is 0 Å². The number of nitrogens with one attached hydrogen (secondary N) is 1. The summed E-state index contributed by atoms with van der Waals surface area (Å²) in [4.78, 5) is 0. The number of nitrogens with zero attached hydrogens (tertiary/aromatic N) is 2. The lowest BCUT2D eigenvalue weighted by Gasteiger charge is -2.16. The number of hydrogen-bond donors (Lipinski definition) is 1. The fourth-order valence-corrected chi connectivity index (χ4v) is 1.40. The maximum Gasteiger partial charge on any atom is 0.174 e. The molecule has 0 saturated carbocycles. The van der Waals surface area contributed by atoms with Gasteiger partial charge >= 0.3 is 0 Å². The molecule has 0 radical (unpaired) electrons. The van der Waals surface area contributed by atoms with Gasteiger partial charge in [0.1, 0.15) is 0 Å². The Morgan fingerprint density at radius 1 is 1.38 bits per heavy atom. The van der Waals surface area contributed by atoms with Gasteiger partial charge in [-0.1, -0.05) is 23.2 Å². The molecule has 0 aliphatic heterocycles. The van der Waals surface area contributed by atoms with Crippen LogP contribution in [-0.2, 0) is 9.47 Å². The van der Waals surface area contributed by atoms with Gasteiger partial charge in [-0.2, -0.15) is 0 Å². The van der Waals surface area contributed by atoms with Crippen LogP contribution in [0.25, 0.3) is 0 Å². The monoisotopic (exact) mass is 265 g/mol. The molecule has 90 valence electrons. The van der Waals surface area contributed by atoms with Gasteiger partial charge in [0.15, 0.2) is 10.3 Å². The summed E-state index contributed by atoms with van der Waals surface area (Å²) in [6, 6.07) is 1.61. The molecule has 1 heterocycles. The van der Waals surface area contributed by atoms with Gasteiger partial charge in [0.25, 0.3) is 0 Å². The molecule has 0 aliphatic carbocycles. The van der Waals surface area contributed by atoms with Gasteiger partial charge in [-0.15, -0.1) is 10.2 Å². The Morgan fingerprint density at radius 3 is 2.75 bits per heavy atom. The zero-order valence-electron chi connectivity index (χ0n) is 9.04. The number of halogens is 2. The van der Waals surface area contributed by atoms with Gasteiger partial charge in [0.05, 0.1) is 18.4 Å². The van der Waals surface area contributed by atoms with Crippen molar-refractivity contribution in [1.82, 2.24) is 10.2 Å². The van der Waals surface area contributed by atoms with E-state index in [4.69, 9.17) is 32.7 Å². The topological polar surface area (TPSA) is 56.3 Å². The first-order valence-electron chi connectivity index (χ1n) is 4.61. The van der Waals surface area contributed by atoms with Crippen LogP contribution in [0.3, 0.4) is 0 Å². The van der Waals surface area contributed by atoms with Crippen LogP contribution in [0.5, 0.6) is 0 Å². The van der Waals surface area contributed by atoms with Crippen molar-refractivity contribution in [2.45, 2.75) is 6.10 Å². The van der Waals surface area contributed by atoms with Gasteiger partial charge in [-0.05, 0) is 0 Å². The fourth-order valence-electron chi connectivity index (χ4n) is 1.10. The molecule has 0 aliphatic rings. The van der Waals surface area contributed by atoms with E-state index >= 15 is 0 Å². The van der Waals surface area contributed by atoms with Crippen LogP contribution < -0.4 is 5.32 Å². The molecule has 0 saturated heterocycles. The van der Waals surface area contributed by atoms with Gasteiger partial charge in [-0.3, -0.25) is 0 Å². The molecule has 1 aromatic rings. The number of rotatable bonds is 6. The van der Waals surface area contributed by atoms with Crippen LogP contribution in [0, 0.1) is 0 Å². The second-order valence-electron chi connectivity index (χ2n) is 3.07. The maximum absolute atomic E-state index is 5.83. The van der Waals surface area contributed by atoms with E-state index in [0.717, 1.165) is 0 Å². The highest BCUT2D eigenvalue weighted by molar-refractivity contribution is 6.33. The quantitative estimate of drug-likeness (QED) is 0.851. The summed E-state index contributed by atoms with van der Waals surface area (Å²) >= 11 is 11.5. The van der Waals surface area contributed by atoms with Crippen molar-refractivity contribution in [2.24, 2.45) is 0 Å². The van der Waals surface area contributed by atoms with E-state index < -0.39 is 0 Å². The molecule has 1 unspecified atom stereocenters. The third-order valence-electron chi connectivity index (χ3n) is 1.93. The second-order valence-corrected chi connectivity index (χ2v) is 3.81. The molecule has 1 atom stereocenters. The Morgan fingerprint density at radius 2 is 2.12 bits per heavy atom. The van der Waals surface area contributed by atoms with E-state index in [-0.39, 0.29) is 16.4 Å². The van der Waals surface area contributed by atoms with Crippen LogP contribution in [0.2, 0.25) is 10.3 Å². The second kappa shape index (κ2) is 6.85. The summed E-state index contributed by atoms with van der Waals surface area (Å²) in [6.45, 7) is 1.04. The number of hydrogen-bond acceptors (Lipinski definition) is 5. The molecule has 0 aromatic carbocycles. The van der Waals surface area contributed by atoms with Crippen LogP contribution in [-0.4, -0.2) is 43.7 Å². The lowest BCUT2D eigenvalue weighted by Crippen LogP contribution is -2.26. The summed E-state index contributed by atoms with van der Waals surface area (Å²) < 4.78 is 10.2. The molecule has 0 amide bonds. The predicted octanol–water partition coefficient (Wildman–Crippen LogP) is 1.86. The van der Waals surface area contributed by atoms with Crippen LogP contribution >= 0.6 is 23.2 Å². The van der Waals surface area contributed by atoms with Crippen LogP contribution in [0.1, 0.15) is 0 Å². The van der Waals surface area contributed by atoms with Crippen LogP contribution in [0.4, 0.5) is 5.69 Å². The van der Waals surface area contributed by atoms with Crippen molar-refractivity contribution in [1.29, 1.82) is 0 Å². The average molecular weight is 266 g/mol. The molecule has 16 heavy (non-hydrogen) atoms. The molecule has 0 bridgehead atoms. The Bertz CT molecular complexity index is 339. The van der Waals surface area contributed by atoms with Crippen molar-refractivity contribution < 1.29 is 9.47 Å². The van der Waals surface area contributed by atoms with Crippen molar-refractivity contribution in [3.63, 3.8) is 0 Å². The Balaban J connectivity index is 2.55. The predicted molar refractivity (Wildman–Crippen MR) is 63.2 cm³/mol. The normalized spacial score (nSPS) is 12.5. The highest BCUT2D eigenvalue weighted by Gasteiger charge is 2.09. The molecule has 0 fully saturated rings. The summed E-state index contributed by atoms with van der Waals surface area (Å²) in [7, 11) is 3.23. The van der Waals surface area contributed by atoms with E-state index in [1.54, 1.807) is 20.3 Å². The summed E-state index contributed by atoms with van der Waals surface area (Å²) in [5, 5.41) is 10.9. The van der Waals surface area contributed by atoms with Crippen molar-refractivity contribution in [2.75, 3.05) is 32.7 Å². The minimum Gasteiger partial charge on any atom is -0.382 e. The third-order valence-corrected chi connectivity index (χ3v) is 2.39. The zero-order chi connectivity index (χ0) is 12.0. The lowest BCUT2D eigenvalue weighted by molar-refractivity contribution is 0.0365. The van der Waals surface area contributed by atoms with E-state index in [9.17, 15) is 0 Å². The van der Waals surface area contributed by atoms with Crippen LogP contribution in [0.15, 0.2) is 6.07 Å². The standard InChI is InChI=1S/C9H13Cl2N3O2/c1-15-5-6(16-2)4-12-7-3-8(10)13-14-9(7)11/h3,6H,4-5H2,1-2H3,(H,12,13). The van der Waals surface area contributed by atoms with E-state index in [2.05, 4.69) is 15.5 Å². The summed E-state index contributed by atoms with van der Waals surface area (Å²) in [5.74, 6) is 0. The number of methoxy groups -OCH3 is 2. The SMILES string of the molecule is COCC(CNc1cc(Cl)nnc1Cl)OC. The highest BCUT2D eigenvalue weighted by atomic mass is 35.5. The van der Waals surface area contributed by atoms with Gasteiger partial charge in [0.2, 0.25) is 0 Å². The number of anilines is 1. The van der Waals surface area contributed by atoms with Gasteiger partial charge < -0.3 is 14.8 Å². The van der Waals surface area contributed by atoms with Crippen molar-refractivity contribution in [3.8, 4) is 0 Å². The Labute approximate surface area is 104 Å². The highest BCUT2D eigenvalue weighted by Crippen LogP contribution is 2.20. The largest absolute Gasteiger partial charge is 0.382 e. The third kappa shape index (κ3) is 4.09. The average Bonchev–Trinajstić information content (AvgIpc) is 2.28. The molecule has 1 N–H and O–H groups in total. The van der Waals surface area contributed by atoms with Crippen molar-refractivity contribution >= 4 is 28.9 Å². The summed E-state index contributed by atoms with van der Waals surface area (Å²) in [5.41, 5.74) is 0.625. The van der Waals surface area contributed by atoms with E-state index in [1.807, 2.05) is 0 Å². The molecule has 0 spiro atoms. The number of aromatic nitrogens is 2. The zero-order valence-corrected chi connectivity index (χ0v) is 10.5. The minimum absolute atomic E-state index is 0.0620. The first-order chi connectivity index (χ1) is 7.67. The summed E-state index contributed by atoms with van der Waals surface area (Å²) in [6.07, 6.45) is -0.0620. The molecule has 1 rings (SSSR count). The molecular formula is C9H13Cl2N3O2. The fraction of sp³-hybridized carbons (Fsp3) is 0.556. The molecule has 5 nitrogen and oxygen atoms in total. The van der Waals surface area contributed by atoms with E-state index in [1.165, 1.54) is 0 Å². The molecule has 7 heteroatoms. The first-order valence-corrected chi connectivity index (χ1v) is 5.37. The van der Waals surface area contributed by atoms with E-state index in [0.29, 0.717) is 18.8 Å². The maximum atomic E-state index is 5.83. The lowest BCUT2D eigenvalue weighted by atomic mass is 10.3. The Hall–Kier alpha value is -0.620. The molecule has 1 aromatic heterocycles. The molecular weight excluding hydrogens is 253 g/mol. The minimum atomic E-state index is -0.0620. The first kappa shape index (κ1) is 13.4. The van der Waals surface area contributed by atoms with Gasteiger partial charge in [0, 0.05) is 26.8 Å². The Kier molecular flexibility index (Phi) is 5.76.